The van der Waals surface area contributed by atoms with Crippen LogP contribution in [0.25, 0.3) is 17.4 Å². The molecule has 0 bridgehead atoms. The van der Waals surface area contributed by atoms with Crippen LogP contribution in [-0.2, 0) is 19.1 Å². The second-order valence-corrected chi connectivity index (χ2v) is 7.35. The average Bonchev–Trinajstić information content (AvgIpc) is 3.47. The number of aromatic hydroxyl groups is 1. The van der Waals surface area contributed by atoms with Crippen molar-refractivity contribution >= 4 is 40.3 Å². The highest BCUT2D eigenvalue weighted by Gasteiger charge is 2.24. The average molecular weight is 471 g/mol. The first-order valence-electron chi connectivity index (χ1n) is 9.77. The summed E-state index contributed by atoms with van der Waals surface area (Å²) in [5, 5.41) is 14.1. The highest BCUT2D eigenvalue weighted by atomic mass is 32.1. The number of carbonyl (C=O) groups is 3. The van der Waals surface area contributed by atoms with Gasteiger partial charge in [-0.05, 0) is 42.8 Å². The summed E-state index contributed by atoms with van der Waals surface area (Å²) in [7, 11) is 1.41. The number of benzene rings is 1. The molecule has 0 aliphatic heterocycles. The van der Waals surface area contributed by atoms with Gasteiger partial charge < -0.3 is 29.1 Å². The van der Waals surface area contributed by atoms with Gasteiger partial charge in [0, 0.05) is 17.0 Å². The largest absolute Gasteiger partial charge is 0.504 e. The van der Waals surface area contributed by atoms with Gasteiger partial charge in [0.25, 0.3) is 5.91 Å². The maximum absolute atomic E-state index is 12.4. The molecule has 0 atom stereocenters. The number of furan rings is 1. The maximum atomic E-state index is 12.4. The molecular formula is C23H21NO8S. The molecule has 1 aromatic carbocycles. The van der Waals surface area contributed by atoms with Crippen LogP contribution in [0.5, 0.6) is 11.5 Å². The summed E-state index contributed by atoms with van der Waals surface area (Å²) >= 11 is 1.12. The van der Waals surface area contributed by atoms with Crippen LogP contribution < -0.4 is 10.1 Å². The van der Waals surface area contributed by atoms with Crippen molar-refractivity contribution < 1.29 is 38.1 Å². The van der Waals surface area contributed by atoms with Crippen LogP contribution in [0.2, 0.25) is 0 Å². The molecule has 10 heteroatoms. The van der Waals surface area contributed by atoms with Gasteiger partial charge in [-0.3, -0.25) is 4.79 Å². The molecule has 33 heavy (non-hydrogen) atoms. The summed E-state index contributed by atoms with van der Waals surface area (Å²) in [6, 6.07) is 7.92. The molecule has 2 heterocycles. The summed E-state index contributed by atoms with van der Waals surface area (Å²) in [6.45, 7) is 1.28. The highest BCUT2D eigenvalue weighted by molar-refractivity contribution is 7.15. The number of methoxy groups -OCH3 is 1. The zero-order chi connectivity index (χ0) is 23.8. The summed E-state index contributed by atoms with van der Waals surface area (Å²) in [5.74, 6) is -1.29. The molecule has 0 spiro atoms. The zero-order valence-electron chi connectivity index (χ0n) is 17.8. The number of nitrogens with one attached hydrogen (secondary N) is 1. The predicted molar refractivity (Wildman–Crippen MR) is 121 cm³/mol. The molecule has 3 rings (SSSR count). The number of rotatable bonds is 9. The maximum Gasteiger partial charge on any atom is 0.341 e. The Morgan fingerprint density at radius 3 is 2.73 bits per heavy atom. The van der Waals surface area contributed by atoms with E-state index in [2.05, 4.69) is 5.32 Å². The van der Waals surface area contributed by atoms with Gasteiger partial charge >= 0.3 is 11.9 Å². The fourth-order valence-electron chi connectivity index (χ4n) is 2.78. The number of phenolic OH excluding ortho intramolecular Hbond substituents is 1. The Labute approximate surface area is 193 Å². The quantitative estimate of drug-likeness (QED) is 0.353. The topological polar surface area (TPSA) is 124 Å². The third kappa shape index (κ3) is 6.01. The van der Waals surface area contributed by atoms with Crippen molar-refractivity contribution in [3.63, 3.8) is 0 Å². The lowest BCUT2D eigenvalue weighted by Gasteiger charge is -2.08. The molecule has 0 saturated heterocycles. The first-order chi connectivity index (χ1) is 15.9. The van der Waals surface area contributed by atoms with Crippen LogP contribution >= 0.6 is 11.3 Å². The zero-order valence-corrected chi connectivity index (χ0v) is 18.6. The van der Waals surface area contributed by atoms with Gasteiger partial charge in [0.15, 0.2) is 18.1 Å². The van der Waals surface area contributed by atoms with Crippen LogP contribution in [0, 0.1) is 0 Å². The first-order valence-corrected chi connectivity index (χ1v) is 10.6. The number of ether oxygens (including phenoxy) is 3. The molecule has 2 N–H and O–H groups in total. The van der Waals surface area contributed by atoms with E-state index in [9.17, 15) is 19.5 Å². The molecule has 0 saturated carbocycles. The SMILES string of the molecule is CCOC(=O)c1c(-c2ccco2)csc1NC(=O)COC(=O)/C=C/c1ccc(O)c(OC)c1. The van der Waals surface area contributed by atoms with Gasteiger partial charge in [-0.15, -0.1) is 11.3 Å². The van der Waals surface area contributed by atoms with Crippen LogP contribution in [0.1, 0.15) is 22.8 Å². The van der Waals surface area contributed by atoms with E-state index in [1.54, 1.807) is 30.5 Å². The molecule has 0 aliphatic carbocycles. The molecule has 9 nitrogen and oxygen atoms in total. The first kappa shape index (κ1) is 23.6. The minimum Gasteiger partial charge on any atom is -0.504 e. The Morgan fingerprint density at radius 2 is 2.03 bits per heavy atom. The number of carbonyl (C=O) groups excluding carboxylic acids is 3. The molecular weight excluding hydrogens is 450 g/mol. The van der Waals surface area contributed by atoms with E-state index >= 15 is 0 Å². The third-order valence-corrected chi connectivity index (χ3v) is 5.17. The van der Waals surface area contributed by atoms with Gasteiger partial charge in [-0.1, -0.05) is 6.07 Å². The van der Waals surface area contributed by atoms with Crippen molar-refractivity contribution in [2.24, 2.45) is 0 Å². The number of hydrogen-bond acceptors (Lipinski definition) is 9. The number of phenols is 1. The Kier molecular flexibility index (Phi) is 7.87. The van der Waals surface area contributed by atoms with E-state index < -0.39 is 24.5 Å². The highest BCUT2D eigenvalue weighted by Crippen LogP contribution is 2.36. The van der Waals surface area contributed by atoms with Crippen molar-refractivity contribution in [1.82, 2.24) is 0 Å². The molecule has 0 aliphatic rings. The van der Waals surface area contributed by atoms with E-state index in [1.165, 1.54) is 31.6 Å². The number of thiophene rings is 1. The number of amides is 1. The Bertz CT molecular complexity index is 1160. The monoisotopic (exact) mass is 471 g/mol. The Hall–Kier alpha value is -4.05. The molecule has 2 aromatic heterocycles. The second-order valence-electron chi connectivity index (χ2n) is 6.47. The number of esters is 2. The third-order valence-electron chi connectivity index (χ3n) is 4.27. The molecule has 0 radical (unpaired) electrons. The fourth-order valence-corrected chi connectivity index (χ4v) is 3.73. The van der Waals surface area contributed by atoms with Gasteiger partial charge in [0.1, 0.15) is 16.3 Å². The van der Waals surface area contributed by atoms with E-state index in [1.807, 2.05) is 0 Å². The fraction of sp³-hybridized carbons (Fsp3) is 0.174. The van der Waals surface area contributed by atoms with E-state index in [0.29, 0.717) is 16.9 Å². The van der Waals surface area contributed by atoms with Gasteiger partial charge in [0.05, 0.1) is 20.0 Å². The van der Waals surface area contributed by atoms with Crippen molar-refractivity contribution in [2.45, 2.75) is 6.92 Å². The van der Waals surface area contributed by atoms with Gasteiger partial charge in [-0.25, -0.2) is 9.59 Å². The number of anilines is 1. The smallest absolute Gasteiger partial charge is 0.341 e. The van der Waals surface area contributed by atoms with E-state index in [4.69, 9.17) is 18.6 Å². The molecule has 0 fully saturated rings. The van der Waals surface area contributed by atoms with Crippen molar-refractivity contribution in [1.29, 1.82) is 0 Å². The lowest BCUT2D eigenvalue weighted by atomic mass is 10.1. The second kappa shape index (κ2) is 11.0. The summed E-state index contributed by atoms with van der Waals surface area (Å²) in [6.07, 6.45) is 4.07. The molecule has 3 aromatic rings. The summed E-state index contributed by atoms with van der Waals surface area (Å²) in [4.78, 5) is 36.7. The van der Waals surface area contributed by atoms with Crippen LogP contribution in [0.3, 0.4) is 0 Å². The minimum absolute atomic E-state index is 0.0279. The van der Waals surface area contributed by atoms with Gasteiger partial charge in [-0.2, -0.15) is 0 Å². The minimum atomic E-state index is -0.745. The van der Waals surface area contributed by atoms with Crippen molar-refractivity contribution in [3.05, 3.63) is 59.2 Å². The molecule has 1 amide bonds. The van der Waals surface area contributed by atoms with Crippen molar-refractivity contribution in [2.75, 3.05) is 25.6 Å². The standard InChI is InChI=1S/C23H21NO8S/c1-3-30-23(28)21-15(17-5-4-10-31-17)13-33-22(21)24-19(26)12-32-20(27)9-7-14-6-8-16(25)18(11-14)29-2/h4-11,13,25H,3,12H2,1-2H3,(H,24,26)/b9-7+. The Balaban J connectivity index is 1.62. The van der Waals surface area contributed by atoms with Crippen molar-refractivity contribution in [3.8, 4) is 22.8 Å². The summed E-state index contributed by atoms with van der Waals surface area (Å²) < 4.78 is 20.4. The predicted octanol–water partition coefficient (Wildman–Crippen LogP) is 4.09. The van der Waals surface area contributed by atoms with Gasteiger partial charge in [0.2, 0.25) is 0 Å². The van der Waals surface area contributed by atoms with E-state index in [-0.39, 0.29) is 28.7 Å². The normalized spacial score (nSPS) is 10.7. The molecule has 0 unspecified atom stereocenters. The van der Waals surface area contributed by atoms with Crippen LogP contribution in [0.4, 0.5) is 5.00 Å². The number of hydrogen-bond donors (Lipinski definition) is 2. The lowest BCUT2D eigenvalue weighted by Crippen LogP contribution is -2.21. The summed E-state index contributed by atoms with van der Waals surface area (Å²) in [5.41, 5.74) is 1.25. The van der Waals surface area contributed by atoms with E-state index in [0.717, 1.165) is 17.4 Å². The molecule has 172 valence electrons. The Morgan fingerprint density at radius 1 is 1.21 bits per heavy atom. The van der Waals surface area contributed by atoms with Crippen LogP contribution in [-0.4, -0.2) is 43.3 Å². The van der Waals surface area contributed by atoms with Crippen LogP contribution in [0.15, 0.2) is 52.5 Å². The lowest BCUT2D eigenvalue weighted by molar-refractivity contribution is -0.142.